The van der Waals surface area contributed by atoms with Crippen LogP contribution in [0, 0.1) is 0 Å². The molecule has 3 aliphatic heterocycles. The Hall–Kier alpha value is -6.65. The average molecular weight is 1270 g/mol. The number of ether oxygens (including phenoxy) is 4. The largest absolute Gasteiger partial charge is 0.497 e. The summed E-state index contributed by atoms with van der Waals surface area (Å²) in [4.78, 5) is 28.7. The fourth-order valence-electron chi connectivity index (χ4n) is 10.2. The minimum atomic E-state index is 0.592. The highest BCUT2D eigenvalue weighted by atomic mass is 35.5. The third-order valence-corrected chi connectivity index (χ3v) is 18.4. The van der Waals surface area contributed by atoms with Crippen molar-refractivity contribution < 1.29 is 18.9 Å². The molecule has 9 aromatic rings. The number of para-hydroxylation sites is 1. The number of benzene rings is 6. The van der Waals surface area contributed by atoms with Gasteiger partial charge in [0, 0.05) is 159 Å². The number of methoxy groups -OCH3 is 4. The first-order valence-electron chi connectivity index (χ1n) is 28.8. The average Bonchev–Trinajstić information content (AvgIpc) is 4.54. The summed E-state index contributed by atoms with van der Waals surface area (Å²) in [6.45, 7) is 15.2. The predicted octanol–water partition coefficient (Wildman–Crippen LogP) is 12.7. The zero-order chi connectivity index (χ0) is 59.6. The Bertz CT molecular complexity index is 3500. The van der Waals surface area contributed by atoms with E-state index in [0.717, 1.165) is 184 Å². The first kappa shape index (κ1) is 62.4. The van der Waals surface area contributed by atoms with E-state index in [1.165, 1.54) is 51.3 Å². The van der Waals surface area contributed by atoms with Crippen LogP contribution in [0.25, 0.3) is 34.2 Å². The number of anilines is 3. The molecule has 3 fully saturated rings. The normalized spacial score (nSPS) is 14.9. The van der Waals surface area contributed by atoms with Gasteiger partial charge in [-0.05, 0) is 115 Å². The van der Waals surface area contributed by atoms with Gasteiger partial charge < -0.3 is 33.6 Å². The van der Waals surface area contributed by atoms with Crippen molar-refractivity contribution in [1.82, 2.24) is 42.8 Å². The van der Waals surface area contributed by atoms with Gasteiger partial charge in [-0.15, -0.1) is 0 Å². The van der Waals surface area contributed by atoms with Gasteiger partial charge in [0.2, 0.25) is 15.4 Å². The van der Waals surface area contributed by atoms with Gasteiger partial charge in [-0.1, -0.05) is 95.5 Å². The summed E-state index contributed by atoms with van der Waals surface area (Å²) in [6, 6.07) is 46.0. The maximum atomic E-state index is 6.10. The van der Waals surface area contributed by atoms with Crippen LogP contribution in [0.3, 0.4) is 0 Å². The van der Waals surface area contributed by atoms with Crippen LogP contribution in [0.15, 0.2) is 140 Å². The molecule has 0 bridgehead atoms. The molecule has 0 N–H and O–H groups in total. The lowest BCUT2D eigenvalue weighted by molar-refractivity contribution is 0.261. The van der Waals surface area contributed by atoms with E-state index in [-0.39, 0.29) is 0 Å². The van der Waals surface area contributed by atoms with Crippen molar-refractivity contribution in [3.63, 3.8) is 0 Å². The molecule has 6 aromatic carbocycles. The van der Waals surface area contributed by atoms with Gasteiger partial charge in [-0.2, -0.15) is 28.1 Å². The molecule has 450 valence electrons. The van der Waals surface area contributed by atoms with E-state index >= 15 is 0 Å². The highest BCUT2D eigenvalue weighted by Gasteiger charge is 2.24. The van der Waals surface area contributed by atoms with Crippen molar-refractivity contribution in [2.45, 2.75) is 19.3 Å². The second-order valence-corrected chi connectivity index (χ2v) is 24.4. The van der Waals surface area contributed by atoms with Crippen molar-refractivity contribution in [3.8, 4) is 57.2 Å². The van der Waals surface area contributed by atoms with Crippen LogP contribution in [0.5, 0.6) is 23.0 Å². The summed E-state index contributed by atoms with van der Waals surface area (Å²) in [6.07, 6.45) is 3.16. The van der Waals surface area contributed by atoms with E-state index in [1.54, 1.807) is 34.5 Å². The van der Waals surface area contributed by atoms with Crippen LogP contribution in [0.1, 0.15) is 16.7 Å². The maximum absolute atomic E-state index is 6.10. The van der Waals surface area contributed by atoms with E-state index in [1.807, 2.05) is 97.1 Å². The summed E-state index contributed by atoms with van der Waals surface area (Å²) in [7, 11) is 6.77. The molecule has 3 aromatic heterocycles. The molecule has 0 atom stereocenters. The Kier molecular flexibility index (Phi) is 22.7. The summed E-state index contributed by atoms with van der Waals surface area (Å²) in [5.41, 5.74) is 6.78. The lowest BCUT2D eigenvalue weighted by Gasteiger charge is -2.34. The zero-order valence-electron chi connectivity index (χ0n) is 48.9. The van der Waals surface area contributed by atoms with E-state index in [2.05, 4.69) is 78.9 Å². The lowest BCUT2D eigenvalue weighted by atomic mass is 10.1. The molecular formula is C64H71Cl3N12O4S3. The van der Waals surface area contributed by atoms with Crippen LogP contribution >= 0.6 is 69.4 Å². The van der Waals surface area contributed by atoms with Gasteiger partial charge in [0.05, 0.1) is 34.0 Å². The molecule has 22 heteroatoms. The molecule has 16 nitrogen and oxygen atoms in total. The van der Waals surface area contributed by atoms with E-state index < -0.39 is 0 Å². The number of piperazine rings is 3. The van der Waals surface area contributed by atoms with Gasteiger partial charge in [-0.25, -0.2) is 0 Å². The molecule has 0 amide bonds. The van der Waals surface area contributed by atoms with Gasteiger partial charge in [-0.3, -0.25) is 14.7 Å². The van der Waals surface area contributed by atoms with Crippen LogP contribution < -0.4 is 33.6 Å². The third-order valence-electron chi connectivity index (χ3n) is 15.4. The Morgan fingerprint density at radius 3 is 1.14 bits per heavy atom. The first-order valence-corrected chi connectivity index (χ1v) is 32.2. The SMILES string of the molecule is COc1ccc(CCN2CCN(c3nc(-c4cc(Cl)cc(Cl)c4)ns3)CC2)cc1.COc1ccc(CCN2CCN(c3nc(-c4cccc(Cl)c4)ns3)CC2)cc1.COc1ccc(CCN2CCN(c3nc(-c4ccccc4OC)ns3)CC2)cc1. The van der Waals surface area contributed by atoms with Crippen molar-refractivity contribution >= 4 is 84.8 Å². The number of hydrogen-bond donors (Lipinski definition) is 0. The number of rotatable bonds is 19. The Labute approximate surface area is 531 Å². The quantitative estimate of drug-likeness (QED) is 0.0759. The van der Waals surface area contributed by atoms with E-state index in [0.29, 0.717) is 20.9 Å². The zero-order valence-corrected chi connectivity index (χ0v) is 53.6. The van der Waals surface area contributed by atoms with E-state index in [9.17, 15) is 0 Å². The second-order valence-electron chi connectivity index (χ2n) is 20.9. The molecule has 0 spiro atoms. The molecular weight excluding hydrogens is 1200 g/mol. The van der Waals surface area contributed by atoms with Gasteiger partial charge >= 0.3 is 0 Å². The molecule has 3 saturated heterocycles. The van der Waals surface area contributed by atoms with Gasteiger partial charge in [0.1, 0.15) is 23.0 Å². The van der Waals surface area contributed by atoms with Crippen molar-refractivity contribution in [1.29, 1.82) is 0 Å². The fraction of sp³-hybridized carbons (Fsp3) is 0.344. The summed E-state index contributed by atoms with van der Waals surface area (Å²) in [5.74, 6) is 5.70. The molecule has 6 heterocycles. The molecule has 12 rings (SSSR count). The van der Waals surface area contributed by atoms with Crippen LogP contribution in [-0.4, -0.2) is 169 Å². The Morgan fingerprint density at radius 2 is 0.744 bits per heavy atom. The number of hydrogen-bond acceptors (Lipinski definition) is 19. The topological polar surface area (TPSA) is 134 Å². The Balaban J connectivity index is 0.000000143. The number of halogens is 3. The molecule has 3 aliphatic rings. The van der Waals surface area contributed by atoms with E-state index in [4.69, 9.17) is 68.7 Å². The highest BCUT2D eigenvalue weighted by Crippen LogP contribution is 2.33. The van der Waals surface area contributed by atoms with Crippen molar-refractivity contribution in [2.75, 3.05) is 141 Å². The van der Waals surface area contributed by atoms with Crippen molar-refractivity contribution in [3.05, 3.63) is 171 Å². The maximum Gasteiger partial charge on any atom is 0.205 e. The summed E-state index contributed by atoms with van der Waals surface area (Å²) < 4.78 is 34.7. The molecule has 0 radical (unpaired) electrons. The van der Waals surface area contributed by atoms with Crippen molar-refractivity contribution in [2.24, 2.45) is 0 Å². The smallest absolute Gasteiger partial charge is 0.205 e. The third kappa shape index (κ3) is 17.5. The molecule has 0 saturated carbocycles. The fourth-order valence-corrected chi connectivity index (χ4v) is 13.2. The van der Waals surface area contributed by atoms with Crippen LogP contribution in [0.2, 0.25) is 15.1 Å². The number of aromatic nitrogens is 6. The standard InChI is InChI=1S/C22H26N4O2S.C21H22Cl2N4OS.C21H23ClN4OS/c1-27-18-9-7-17(8-10-18)11-12-25-13-15-26(16-14-25)22-23-21(24-29-22)19-5-3-4-6-20(19)28-2;1-28-19-4-2-15(3-5-19)6-7-26-8-10-27(11-9-26)21-24-20(25-29-21)16-12-17(22)14-18(23)13-16;1-27-19-7-5-16(6-8-19)9-10-25-11-13-26(14-12-25)21-23-20(24-28-21)17-3-2-4-18(22)15-17/h3-10H,11-16H2,1-2H3;2-5,12-14H,6-11H2,1H3;2-8,15H,9-14H2,1H3. The Morgan fingerprint density at radius 1 is 0.372 bits per heavy atom. The summed E-state index contributed by atoms with van der Waals surface area (Å²) >= 11 is 22.6. The van der Waals surface area contributed by atoms with Crippen LogP contribution in [-0.2, 0) is 19.3 Å². The summed E-state index contributed by atoms with van der Waals surface area (Å²) in [5, 5.41) is 4.82. The molecule has 86 heavy (non-hydrogen) atoms. The molecule has 0 unspecified atom stereocenters. The number of nitrogens with zero attached hydrogens (tertiary/aromatic N) is 12. The minimum absolute atomic E-state index is 0.592. The predicted molar refractivity (Wildman–Crippen MR) is 354 cm³/mol. The van der Waals surface area contributed by atoms with Gasteiger partial charge in [0.15, 0.2) is 17.5 Å². The van der Waals surface area contributed by atoms with Crippen LogP contribution in [0.4, 0.5) is 15.4 Å². The monoisotopic (exact) mass is 1270 g/mol. The van der Waals surface area contributed by atoms with Gasteiger partial charge in [0.25, 0.3) is 0 Å². The lowest BCUT2D eigenvalue weighted by Crippen LogP contribution is -2.47. The molecule has 0 aliphatic carbocycles. The highest BCUT2D eigenvalue weighted by molar-refractivity contribution is 7.10. The first-order chi connectivity index (χ1) is 42.1. The minimum Gasteiger partial charge on any atom is -0.497 e. The second kappa shape index (κ2) is 31.3.